The van der Waals surface area contributed by atoms with Crippen LogP contribution in [0.4, 0.5) is 0 Å². The van der Waals surface area contributed by atoms with Crippen LogP contribution in [0.1, 0.15) is 84.5 Å². The average Bonchev–Trinajstić information content (AvgIpc) is 2.42. The molecule has 0 spiro atoms. The Morgan fingerprint density at radius 1 is 0.895 bits per heavy atom. The molecule has 0 fully saturated rings. The van der Waals surface area contributed by atoms with Crippen molar-refractivity contribution in [3.8, 4) is 0 Å². The van der Waals surface area contributed by atoms with Crippen molar-refractivity contribution in [3.05, 3.63) is 12.2 Å². The zero-order valence-electron chi connectivity index (χ0n) is 13.0. The number of hydrogen-bond donors (Lipinski definition) is 0. The topological polar surface area (TPSA) is 26.3 Å². The number of hydrogen-bond acceptors (Lipinski definition) is 2. The third-order valence-corrected chi connectivity index (χ3v) is 3.28. The molecule has 2 nitrogen and oxygen atoms in total. The summed E-state index contributed by atoms with van der Waals surface area (Å²) in [6.07, 6.45) is 17.2. The molecular weight excluding hydrogens is 236 g/mol. The number of carbonyl (C=O) groups is 1. The van der Waals surface area contributed by atoms with Gasteiger partial charge in [0.1, 0.15) is 0 Å². The van der Waals surface area contributed by atoms with E-state index in [0.717, 1.165) is 6.42 Å². The lowest BCUT2D eigenvalue weighted by atomic mass is 10.1. The van der Waals surface area contributed by atoms with Crippen LogP contribution < -0.4 is 0 Å². The van der Waals surface area contributed by atoms with Gasteiger partial charge in [-0.1, -0.05) is 76.9 Å². The van der Waals surface area contributed by atoms with Crippen molar-refractivity contribution in [3.63, 3.8) is 0 Å². The van der Waals surface area contributed by atoms with Gasteiger partial charge in [-0.2, -0.15) is 0 Å². The molecule has 2 heteroatoms. The Morgan fingerprint density at radius 3 is 1.95 bits per heavy atom. The van der Waals surface area contributed by atoms with Crippen molar-refractivity contribution in [1.29, 1.82) is 0 Å². The Bertz CT molecular complexity index is 221. The molecule has 112 valence electrons. The minimum Gasteiger partial charge on any atom is -0.465 e. The third-order valence-electron chi connectivity index (χ3n) is 3.28. The summed E-state index contributed by atoms with van der Waals surface area (Å²) in [5, 5.41) is 0. The summed E-state index contributed by atoms with van der Waals surface area (Å²) in [7, 11) is 0. The summed E-state index contributed by atoms with van der Waals surface area (Å²) in [4.78, 5) is 11.2. The SMILES string of the molecule is C/C=C\CC(=O)OCCCCCCCCCCCC. The Labute approximate surface area is 119 Å². The molecule has 0 aliphatic carbocycles. The molecule has 0 saturated heterocycles. The normalized spacial score (nSPS) is 11.1. The minimum absolute atomic E-state index is 0.103. The van der Waals surface area contributed by atoms with E-state index in [9.17, 15) is 4.79 Å². The molecule has 0 aromatic rings. The van der Waals surface area contributed by atoms with Gasteiger partial charge in [0.05, 0.1) is 13.0 Å². The molecule has 0 rings (SSSR count). The predicted octanol–water partition coefficient (Wildman–Crippen LogP) is 5.42. The first-order chi connectivity index (χ1) is 9.31. The van der Waals surface area contributed by atoms with Crippen LogP contribution in [0.3, 0.4) is 0 Å². The van der Waals surface area contributed by atoms with E-state index in [1.54, 1.807) is 0 Å². The van der Waals surface area contributed by atoms with Gasteiger partial charge in [0.2, 0.25) is 0 Å². The fourth-order valence-electron chi connectivity index (χ4n) is 2.05. The number of unbranched alkanes of at least 4 members (excludes halogenated alkanes) is 9. The van der Waals surface area contributed by atoms with Gasteiger partial charge in [-0.05, 0) is 13.3 Å². The highest BCUT2D eigenvalue weighted by Crippen LogP contribution is 2.10. The summed E-state index contributed by atoms with van der Waals surface area (Å²) in [5.74, 6) is -0.103. The van der Waals surface area contributed by atoms with Crippen LogP contribution in [-0.4, -0.2) is 12.6 Å². The van der Waals surface area contributed by atoms with Crippen LogP contribution in [0.15, 0.2) is 12.2 Å². The lowest BCUT2D eigenvalue weighted by Crippen LogP contribution is -2.04. The molecule has 0 amide bonds. The van der Waals surface area contributed by atoms with Crippen molar-refractivity contribution < 1.29 is 9.53 Å². The molecule has 0 aliphatic heterocycles. The first-order valence-corrected chi connectivity index (χ1v) is 8.08. The highest BCUT2D eigenvalue weighted by atomic mass is 16.5. The molecule has 0 heterocycles. The van der Waals surface area contributed by atoms with Gasteiger partial charge in [-0.25, -0.2) is 0 Å². The van der Waals surface area contributed by atoms with Crippen LogP contribution in [-0.2, 0) is 9.53 Å². The first-order valence-electron chi connectivity index (χ1n) is 8.08. The van der Waals surface area contributed by atoms with E-state index in [1.165, 1.54) is 57.8 Å². The Morgan fingerprint density at radius 2 is 1.42 bits per heavy atom. The van der Waals surface area contributed by atoms with Crippen LogP contribution in [0.25, 0.3) is 0 Å². The Hall–Kier alpha value is -0.790. The van der Waals surface area contributed by atoms with E-state index in [0.29, 0.717) is 13.0 Å². The van der Waals surface area contributed by atoms with Crippen LogP contribution in [0, 0.1) is 0 Å². The van der Waals surface area contributed by atoms with Crippen LogP contribution in [0.5, 0.6) is 0 Å². The molecule has 0 radical (unpaired) electrons. The zero-order valence-corrected chi connectivity index (χ0v) is 13.0. The number of rotatable bonds is 13. The zero-order chi connectivity index (χ0) is 14.2. The van der Waals surface area contributed by atoms with Crippen LogP contribution >= 0.6 is 0 Å². The summed E-state index contributed by atoms with van der Waals surface area (Å²) in [5.41, 5.74) is 0. The Kier molecular flexibility index (Phi) is 14.6. The molecule has 0 aromatic heterocycles. The fraction of sp³-hybridized carbons (Fsp3) is 0.824. The second-order valence-electron chi connectivity index (χ2n) is 5.18. The molecule has 0 saturated carbocycles. The predicted molar refractivity (Wildman–Crippen MR) is 82.2 cm³/mol. The molecule has 0 atom stereocenters. The van der Waals surface area contributed by atoms with Crippen molar-refractivity contribution >= 4 is 5.97 Å². The van der Waals surface area contributed by atoms with E-state index in [-0.39, 0.29) is 5.97 Å². The second-order valence-corrected chi connectivity index (χ2v) is 5.18. The smallest absolute Gasteiger partial charge is 0.309 e. The van der Waals surface area contributed by atoms with Gasteiger partial charge >= 0.3 is 5.97 Å². The largest absolute Gasteiger partial charge is 0.465 e. The van der Waals surface area contributed by atoms with Gasteiger partial charge in [-0.15, -0.1) is 0 Å². The Balaban J connectivity index is 3.08. The number of carbonyl (C=O) groups excluding carboxylic acids is 1. The van der Waals surface area contributed by atoms with Crippen LogP contribution in [0.2, 0.25) is 0 Å². The highest BCUT2D eigenvalue weighted by Gasteiger charge is 1.98. The molecule has 0 bridgehead atoms. The maximum Gasteiger partial charge on any atom is 0.309 e. The van der Waals surface area contributed by atoms with Gasteiger partial charge in [-0.3, -0.25) is 4.79 Å². The van der Waals surface area contributed by atoms with E-state index >= 15 is 0 Å². The van der Waals surface area contributed by atoms with E-state index in [1.807, 2.05) is 19.1 Å². The monoisotopic (exact) mass is 268 g/mol. The van der Waals surface area contributed by atoms with Gasteiger partial charge in [0, 0.05) is 0 Å². The van der Waals surface area contributed by atoms with Gasteiger partial charge in [0.15, 0.2) is 0 Å². The number of esters is 1. The van der Waals surface area contributed by atoms with E-state index < -0.39 is 0 Å². The van der Waals surface area contributed by atoms with Crippen molar-refractivity contribution in [2.45, 2.75) is 84.5 Å². The first kappa shape index (κ1) is 18.2. The molecule has 19 heavy (non-hydrogen) atoms. The fourth-order valence-corrected chi connectivity index (χ4v) is 2.05. The van der Waals surface area contributed by atoms with Crippen molar-refractivity contribution in [2.24, 2.45) is 0 Å². The molecular formula is C17H32O2. The van der Waals surface area contributed by atoms with Gasteiger partial charge < -0.3 is 4.74 Å². The number of ether oxygens (including phenoxy) is 1. The third kappa shape index (κ3) is 15.2. The summed E-state index contributed by atoms with van der Waals surface area (Å²) < 4.78 is 5.13. The maximum atomic E-state index is 11.2. The highest BCUT2D eigenvalue weighted by molar-refractivity contribution is 5.71. The molecule has 0 unspecified atom stereocenters. The molecule has 0 N–H and O–H groups in total. The molecule has 0 aliphatic rings. The lowest BCUT2D eigenvalue weighted by Gasteiger charge is -2.04. The second kappa shape index (κ2) is 15.3. The summed E-state index contributed by atoms with van der Waals surface area (Å²) in [6, 6.07) is 0. The average molecular weight is 268 g/mol. The van der Waals surface area contributed by atoms with Crippen molar-refractivity contribution in [2.75, 3.05) is 6.61 Å². The summed E-state index contributed by atoms with van der Waals surface area (Å²) >= 11 is 0. The number of allylic oxidation sites excluding steroid dienone is 1. The molecule has 0 aromatic carbocycles. The summed E-state index contributed by atoms with van der Waals surface area (Å²) in [6.45, 7) is 4.76. The maximum absolute atomic E-state index is 11.2. The standard InChI is InChI=1S/C17H32O2/c1-3-5-7-8-9-10-11-12-13-14-16-19-17(18)15-6-4-2/h4,6H,3,5,7-16H2,1-2H3/b6-4-. The quantitative estimate of drug-likeness (QED) is 0.253. The lowest BCUT2D eigenvalue weighted by molar-refractivity contribution is -0.142. The van der Waals surface area contributed by atoms with E-state index in [4.69, 9.17) is 4.74 Å². The van der Waals surface area contributed by atoms with Crippen molar-refractivity contribution in [1.82, 2.24) is 0 Å². The van der Waals surface area contributed by atoms with Gasteiger partial charge in [0.25, 0.3) is 0 Å². The minimum atomic E-state index is -0.103. The van der Waals surface area contributed by atoms with E-state index in [2.05, 4.69) is 6.92 Å².